The zero-order valence-corrected chi connectivity index (χ0v) is 43.0. The fourth-order valence-corrected chi connectivity index (χ4v) is 10.8. The molecule has 472 valence electrons. The third kappa shape index (κ3) is 13.5. The topological polar surface area (TPSA) is 563 Å². The second kappa shape index (κ2) is 28.2. The molecule has 0 aromatic heterocycles. The van der Waals surface area contributed by atoms with Gasteiger partial charge in [-0.1, -0.05) is 0 Å². The summed E-state index contributed by atoms with van der Waals surface area (Å²) in [6.07, 6.45) is -71.3. The van der Waals surface area contributed by atoms with Crippen LogP contribution in [0.1, 0.15) is 6.92 Å². The second-order valence-corrected chi connectivity index (χ2v) is 20.9. The van der Waals surface area contributed by atoms with Gasteiger partial charge >= 0.3 is 0 Å². The van der Waals surface area contributed by atoms with Crippen molar-refractivity contribution in [1.29, 1.82) is 0 Å². The van der Waals surface area contributed by atoms with Crippen LogP contribution in [0, 0.1) is 0 Å². The monoisotopic (exact) mass is 1190 g/mol. The van der Waals surface area contributed by atoms with Crippen molar-refractivity contribution in [3.63, 3.8) is 0 Å². The maximum Gasteiger partial charge on any atom is 0.187 e. The molecule has 0 saturated carbocycles. The Kier molecular flexibility index (Phi) is 22.8. The molecule has 0 radical (unpaired) electrons. The first-order chi connectivity index (χ1) is 38.5. The molecule has 21 fully saturated rings. The van der Waals surface area contributed by atoms with E-state index < -0.39 is 267 Å². The van der Waals surface area contributed by atoms with E-state index in [2.05, 4.69) is 0 Å². The van der Waals surface area contributed by atoms with Gasteiger partial charge in [-0.3, -0.25) is 0 Å². The summed E-state index contributed by atoms with van der Waals surface area (Å²) in [6.45, 7) is -5.92. The highest BCUT2D eigenvalue weighted by atomic mass is 16.8. The van der Waals surface area contributed by atoms with E-state index in [0.717, 1.165) is 0 Å². The van der Waals surface area contributed by atoms with Gasteiger partial charge in [0.15, 0.2) is 44.0 Å². The normalized spacial score (nSPS) is 53.6. The molecule has 81 heavy (non-hydrogen) atoms. The molecule has 0 aromatic rings. The number of aliphatic hydroxyl groups is 21. The van der Waals surface area contributed by atoms with Crippen LogP contribution in [-0.4, -0.2) is 381 Å². The first kappa shape index (κ1) is 65.5. The van der Waals surface area contributed by atoms with Gasteiger partial charge in [-0.05, 0) is 6.92 Å². The standard InChI is InChI=1S/C45H76O36/c1-10(52)8-67-9-17-38-24(59)31(66)45(74-17)80-37-16(7-51)72-43(29(64)22(37)57)78-35-14(5-49)70-41(27(62)20(35)55)76-33-12(3-47)68-39(25(60)18(33)53)75-32-11(2-46)69-40(26(61)19(32)54)77-34-13(4-48)71-42(28(63)21(34)56)79-36-15(6-50)73-44(81-38)30(65)23(36)58/h10-66H,2-9H2,1H3/t10?,11-,12-,13-,14-,15-,16-,17-,18-,19-,20-,21-,22-,23-,24-,25-,26-,27-,28-,29-,30-,31-,32-,33-,34-,35-,36-,37-,38-,39-,40-,41-,42-,43-,44-,45-/m1/s1. The highest BCUT2D eigenvalue weighted by Crippen LogP contribution is 2.39. The summed E-state index contributed by atoms with van der Waals surface area (Å²) < 4.78 is 86.0. The lowest BCUT2D eigenvalue weighted by Crippen LogP contribution is -2.68. The Morgan fingerprint density at radius 3 is 0.580 bits per heavy atom. The molecule has 36 atom stereocenters. The number of ether oxygens (including phenoxy) is 15. The lowest BCUT2D eigenvalue weighted by Gasteiger charge is -2.50. The van der Waals surface area contributed by atoms with Crippen molar-refractivity contribution >= 4 is 0 Å². The molecule has 0 aromatic carbocycles. The third-order valence-electron chi connectivity index (χ3n) is 15.2. The summed E-state index contributed by atoms with van der Waals surface area (Å²) in [6, 6.07) is 0. The summed E-state index contributed by atoms with van der Waals surface area (Å²) in [5, 5.41) is 232. The quantitative estimate of drug-likeness (QED) is 0.0966. The first-order valence-corrected chi connectivity index (χ1v) is 26.1. The van der Waals surface area contributed by atoms with Crippen molar-refractivity contribution < 1.29 is 178 Å². The predicted molar refractivity (Wildman–Crippen MR) is 244 cm³/mol. The molecule has 0 spiro atoms. The SMILES string of the molecule is CC(O)COC[C@H]1O[C@@H]2O[C@H]3[C@H](O)[C@@H](O)[C@@H](O[C@H]4[C@H](O)[C@@H](O)[C@@H](O[C@H]5[C@H](O)[C@@H](O)[C@@H](O[C@H]6[C@H](O)[C@@H](O)[C@@H](O[C@H]7[C@H](O)[C@@H](O)[C@@H](O[C@H]8[C@H](O)[C@@H](O)[C@@H](O[C@H]1[C@H](O)[C@H]2O)O[C@@H]8CO)O[C@@H]7CO)O[C@@H]6CO)O[C@@H]5CO)O[C@@H]4CO)O[C@@H]3CO. The Morgan fingerprint density at radius 1 is 0.259 bits per heavy atom. The van der Waals surface area contributed by atoms with Gasteiger partial charge in [-0.2, -0.15) is 0 Å². The van der Waals surface area contributed by atoms with E-state index >= 15 is 0 Å². The van der Waals surface area contributed by atoms with Gasteiger partial charge in [-0.25, -0.2) is 0 Å². The van der Waals surface area contributed by atoms with Crippen molar-refractivity contribution in [2.24, 2.45) is 0 Å². The van der Waals surface area contributed by atoms with Crippen LogP contribution in [0.4, 0.5) is 0 Å². The van der Waals surface area contributed by atoms with Crippen molar-refractivity contribution in [3.05, 3.63) is 0 Å². The predicted octanol–water partition coefficient (Wildman–Crippen LogP) is -14.8. The Balaban J connectivity index is 1.09. The fourth-order valence-electron chi connectivity index (χ4n) is 10.8. The maximum absolute atomic E-state index is 11.6. The van der Waals surface area contributed by atoms with Crippen molar-refractivity contribution in [2.45, 2.75) is 228 Å². The van der Waals surface area contributed by atoms with E-state index in [1.54, 1.807) is 0 Å². The lowest BCUT2D eigenvalue weighted by molar-refractivity contribution is -0.397. The van der Waals surface area contributed by atoms with E-state index in [1.165, 1.54) is 6.92 Å². The van der Waals surface area contributed by atoms with Gasteiger partial charge in [-0.15, -0.1) is 0 Å². The highest BCUT2D eigenvalue weighted by Gasteiger charge is 2.59. The number of aliphatic hydroxyl groups excluding tert-OH is 21. The maximum atomic E-state index is 11.6. The summed E-state index contributed by atoms with van der Waals surface area (Å²) >= 11 is 0. The molecule has 14 bridgehead atoms. The minimum absolute atomic E-state index is 0.359. The van der Waals surface area contributed by atoms with E-state index in [-0.39, 0.29) is 6.61 Å². The molecule has 1 unspecified atom stereocenters. The van der Waals surface area contributed by atoms with E-state index in [1.807, 2.05) is 0 Å². The summed E-state index contributed by atoms with van der Waals surface area (Å²) in [5.41, 5.74) is 0. The van der Waals surface area contributed by atoms with Gasteiger partial charge in [0.05, 0.1) is 59.0 Å². The third-order valence-corrected chi connectivity index (χ3v) is 15.2. The fraction of sp³-hybridized carbons (Fsp3) is 1.00. The van der Waals surface area contributed by atoms with Crippen LogP contribution in [0.5, 0.6) is 0 Å². The van der Waals surface area contributed by atoms with Crippen LogP contribution < -0.4 is 0 Å². The van der Waals surface area contributed by atoms with Crippen molar-refractivity contribution in [1.82, 2.24) is 0 Å². The molecule has 36 heteroatoms. The second-order valence-electron chi connectivity index (χ2n) is 20.9. The summed E-state index contributed by atoms with van der Waals surface area (Å²) in [4.78, 5) is 0. The van der Waals surface area contributed by atoms with Gasteiger partial charge in [0, 0.05) is 0 Å². The first-order valence-electron chi connectivity index (χ1n) is 26.1. The van der Waals surface area contributed by atoms with Gasteiger partial charge < -0.3 is 178 Å². The highest BCUT2D eigenvalue weighted by molar-refractivity contribution is 5.02. The van der Waals surface area contributed by atoms with Crippen LogP contribution in [0.2, 0.25) is 0 Å². The van der Waals surface area contributed by atoms with Crippen LogP contribution in [-0.2, 0) is 71.1 Å². The molecule has 21 heterocycles. The Morgan fingerprint density at radius 2 is 0.420 bits per heavy atom. The number of hydrogen-bond acceptors (Lipinski definition) is 36. The van der Waals surface area contributed by atoms with Gasteiger partial charge in [0.25, 0.3) is 0 Å². The van der Waals surface area contributed by atoms with E-state index in [4.69, 9.17) is 71.1 Å². The molecule has 21 saturated heterocycles. The summed E-state index contributed by atoms with van der Waals surface area (Å²) in [7, 11) is 0. The van der Waals surface area contributed by atoms with Crippen LogP contribution >= 0.6 is 0 Å². The Labute approximate surface area is 458 Å². The molecule has 36 nitrogen and oxygen atoms in total. The minimum atomic E-state index is -2.22. The van der Waals surface area contributed by atoms with E-state index in [9.17, 15) is 107 Å². The van der Waals surface area contributed by atoms with Crippen LogP contribution in [0.25, 0.3) is 0 Å². The zero-order chi connectivity index (χ0) is 59.0. The minimum Gasteiger partial charge on any atom is -0.394 e. The zero-order valence-electron chi connectivity index (χ0n) is 43.0. The summed E-state index contributed by atoms with van der Waals surface area (Å²) in [5.74, 6) is 0. The Bertz CT molecular complexity index is 1900. The molecular weight excluding hydrogens is 1120 g/mol. The van der Waals surface area contributed by atoms with Crippen LogP contribution in [0.15, 0.2) is 0 Å². The molecular formula is C45H76O36. The number of rotatable bonds is 10. The lowest BCUT2D eigenvalue weighted by atomic mass is 9.95. The van der Waals surface area contributed by atoms with E-state index in [0.29, 0.717) is 0 Å². The average Bonchev–Trinajstić information content (AvgIpc) is 3.45. The molecule has 21 aliphatic rings. The smallest absolute Gasteiger partial charge is 0.187 e. The number of hydrogen-bond donors (Lipinski definition) is 21. The Hall–Kier alpha value is -1.44. The molecule has 0 aliphatic carbocycles. The van der Waals surface area contributed by atoms with Gasteiger partial charge in [0.2, 0.25) is 0 Å². The molecule has 21 rings (SSSR count). The average molecular weight is 1190 g/mol. The van der Waals surface area contributed by atoms with Crippen molar-refractivity contribution in [3.8, 4) is 0 Å². The largest absolute Gasteiger partial charge is 0.394 e. The van der Waals surface area contributed by atoms with Crippen LogP contribution in [0.3, 0.4) is 0 Å². The molecule has 0 amide bonds. The van der Waals surface area contributed by atoms with Gasteiger partial charge in [0.1, 0.15) is 171 Å². The molecule has 21 N–H and O–H groups in total. The molecule has 21 aliphatic heterocycles. The van der Waals surface area contributed by atoms with Crippen molar-refractivity contribution in [2.75, 3.05) is 52.9 Å².